The fourth-order valence-corrected chi connectivity index (χ4v) is 3.73. The first-order chi connectivity index (χ1) is 17.1. The maximum atomic E-state index is 13.4. The second kappa shape index (κ2) is 9.76. The summed E-state index contributed by atoms with van der Waals surface area (Å²) in [5.74, 6) is -1.26. The first kappa shape index (κ1) is 24.8. The number of rotatable bonds is 7. The molecule has 0 fully saturated rings. The number of nitrogens with one attached hydrogen (secondary N) is 1. The number of esters is 1. The Morgan fingerprint density at radius 3 is 2.44 bits per heavy atom. The summed E-state index contributed by atoms with van der Waals surface area (Å²) in [6.45, 7) is 3.56. The number of carbonyl (C=O) groups excluding carboxylic acids is 2. The maximum Gasteiger partial charge on any atom is 0.338 e. The van der Waals surface area contributed by atoms with Crippen molar-refractivity contribution < 1.29 is 31.9 Å². The molecule has 13 heteroatoms. The second-order valence-corrected chi connectivity index (χ2v) is 7.81. The third-order valence-corrected chi connectivity index (χ3v) is 5.52. The molecule has 0 aliphatic rings. The summed E-state index contributed by atoms with van der Waals surface area (Å²) >= 11 is 0. The molecule has 1 aromatic carbocycles. The van der Waals surface area contributed by atoms with E-state index in [-0.39, 0.29) is 17.9 Å². The molecule has 36 heavy (non-hydrogen) atoms. The first-order valence-corrected chi connectivity index (χ1v) is 10.6. The van der Waals surface area contributed by atoms with E-state index in [1.807, 2.05) is 0 Å². The van der Waals surface area contributed by atoms with E-state index in [0.717, 1.165) is 6.07 Å². The van der Waals surface area contributed by atoms with E-state index in [1.165, 1.54) is 7.11 Å². The highest BCUT2D eigenvalue weighted by molar-refractivity contribution is 6.04. The third-order valence-electron chi connectivity index (χ3n) is 5.52. The van der Waals surface area contributed by atoms with Gasteiger partial charge in [0.2, 0.25) is 0 Å². The molecule has 0 aliphatic heterocycles. The Labute approximate surface area is 201 Å². The van der Waals surface area contributed by atoms with E-state index in [1.54, 1.807) is 42.8 Å². The molecule has 0 bridgehead atoms. The highest BCUT2D eigenvalue weighted by Gasteiger charge is 2.23. The lowest BCUT2D eigenvalue weighted by Crippen LogP contribution is -2.15. The van der Waals surface area contributed by atoms with E-state index in [4.69, 9.17) is 4.74 Å². The highest BCUT2D eigenvalue weighted by atomic mass is 19.3. The summed E-state index contributed by atoms with van der Waals surface area (Å²) < 4.78 is 60.0. The fraction of sp³-hybridized carbons (Fsp3) is 0.261. The lowest BCUT2D eigenvalue weighted by Gasteiger charge is -2.10. The van der Waals surface area contributed by atoms with E-state index in [9.17, 15) is 27.2 Å². The maximum absolute atomic E-state index is 13.4. The van der Waals surface area contributed by atoms with Gasteiger partial charge in [-0.1, -0.05) is 18.2 Å². The number of nitrogens with zero attached hydrogens (tertiary/aromatic N) is 5. The number of anilines is 1. The van der Waals surface area contributed by atoms with Crippen molar-refractivity contribution in [3.05, 3.63) is 76.0 Å². The number of benzene rings is 1. The molecular weight excluding hydrogens is 484 g/mol. The van der Waals surface area contributed by atoms with Crippen LogP contribution in [0.25, 0.3) is 5.65 Å². The zero-order chi connectivity index (χ0) is 26.1. The lowest BCUT2D eigenvalue weighted by atomic mass is 10.1. The van der Waals surface area contributed by atoms with Crippen LogP contribution >= 0.6 is 0 Å². The van der Waals surface area contributed by atoms with Crippen LogP contribution in [-0.2, 0) is 11.3 Å². The number of hydrogen-bond acceptors (Lipinski definition) is 6. The van der Waals surface area contributed by atoms with Gasteiger partial charge in [0.1, 0.15) is 11.4 Å². The van der Waals surface area contributed by atoms with Crippen molar-refractivity contribution in [2.24, 2.45) is 0 Å². The topological polar surface area (TPSA) is 103 Å². The number of halogens is 4. The second-order valence-electron chi connectivity index (χ2n) is 7.81. The number of aryl methyl sites for hydroxylation is 1. The van der Waals surface area contributed by atoms with Gasteiger partial charge in [0, 0.05) is 6.07 Å². The molecule has 3 heterocycles. The van der Waals surface area contributed by atoms with Crippen LogP contribution in [0.15, 0.2) is 36.4 Å². The molecule has 0 saturated carbocycles. The molecule has 3 aromatic heterocycles. The largest absolute Gasteiger partial charge is 0.465 e. The molecule has 1 N–H and O–H groups in total. The Balaban J connectivity index is 1.63. The fourth-order valence-electron chi connectivity index (χ4n) is 3.73. The van der Waals surface area contributed by atoms with Crippen LogP contribution < -0.4 is 5.32 Å². The molecule has 0 radical (unpaired) electrons. The zero-order valence-corrected chi connectivity index (χ0v) is 19.3. The molecule has 0 spiro atoms. The first-order valence-electron chi connectivity index (χ1n) is 10.6. The van der Waals surface area contributed by atoms with Crippen molar-refractivity contribution in [3.8, 4) is 0 Å². The molecule has 0 unspecified atom stereocenters. The molecular formula is C23H20F4N6O3. The van der Waals surface area contributed by atoms with Gasteiger partial charge >= 0.3 is 5.97 Å². The number of aromatic nitrogens is 5. The van der Waals surface area contributed by atoms with Gasteiger partial charge in [-0.2, -0.15) is 10.2 Å². The number of ether oxygens (including phenoxy) is 1. The van der Waals surface area contributed by atoms with Gasteiger partial charge in [0.05, 0.1) is 36.3 Å². The Morgan fingerprint density at radius 2 is 1.78 bits per heavy atom. The Kier molecular flexibility index (Phi) is 6.73. The van der Waals surface area contributed by atoms with E-state index in [0.29, 0.717) is 38.8 Å². The molecule has 1 amide bonds. The molecule has 9 nitrogen and oxygen atoms in total. The van der Waals surface area contributed by atoms with Crippen LogP contribution in [0, 0.1) is 13.8 Å². The van der Waals surface area contributed by atoms with Crippen molar-refractivity contribution in [1.29, 1.82) is 0 Å². The molecule has 0 atom stereocenters. The van der Waals surface area contributed by atoms with E-state index >= 15 is 0 Å². The minimum atomic E-state index is -3.11. The van der Waals surface area contributed by atoms with Crippen molar-refractivity contribution in [1.82, 2.24) is 24.4 Å². The predicted octanol–water partition coefficient (Wildman–Crippen LogP) is 4.51. The van der Waals surface area contributed by atoms with E-state index in [2.05, 4.69) is 20.5 Å². The highest BCUT2D eigenvalue weighted by Crippen LogP contribution is 2.26. The van der Waals surface area contributed by atoms with Gasteiger partial charge in [-0.3, -0.25) is 9.48 Å². The number of amides is 1. The minimum Gasteiger partial charge on any atom is -0.465 e. The number of alkyl halides is 4. The normalized spacial score (nSPS) is 11.5. The molecule has 4 rings (SSSR count). The van der Waals surface area contributed by atoms with Crippen LogP contribution in [0.3, 0.4) is 0 Å². The number of methoxy groups -OCH3 is 1. The Morgan fingerprint density at radius 1 is 1.06 bits per heavy atom. The van der Waals surface area contributed by atoms with Crippen LogP contribution in [0.5, 0.6) is 0 Å². The van der Waals surface area contributed by atoms with Crippen LogP contribution in [0.2, 0.25) is 0 Å². The van der Waals surface area contributed by atoms with Crippen molar-refractivity contribution >= 4 is 23.2 Å². The van der Waals surface area contributed by atoms with Gasteiger partial charge in [-0.15, -0.1) is 0 Å². The molecule has 0 aliphatic carbocycles. The van der Waals surface area contributed by atoms with E-state index < -0.39 is 36.1 Å². The quantitative estimate of drug-likeness (QED) is 0.294. The van der Waals surface area contributed by atoms with Crippen molar-refractivity contribution in [2.75, 3.05) is 12.4 Å². The summed E-state index contributed by atoms with van der Waals surface area (Å²) in [6, 6.07) is 8.45. The Bertz CT molecular complexity index is 1460. The monoisotopic (exact) mass is 504 g/mol. The molecule has 0 saturated heterocycles. The van der Waals surface area contributed by atoms with Crippen molar-refractivity contribution in [3.63, 3.8) is 0 Å². The number of fused-ring (bicyclic) bond motifs is 1. The number of hydrogen-bond donors (Lipinski definition) is 1. The van der Waals surface area contributed by atoms with Gasteiger partial charge in [0.15, 0.2) is 11.3 Å². The summed E-state index contributed by atoms with van der Waals surface area (Å²) in [6.07, 6.45) is -6.18. The van der Waals surface area contributed by atoms with Gasteiger partial charge < -0.3 is 10.1 Å². The van der Waals surface area contributed by atoms with Crippen LogP contribution in [-0.4, -0.2) is 43.4 Å². The molecule has 4 aromatic rings. The summed E-state index contributed by atoms with van der Waals surface area (Å²) in [5, 5.41) is 10.9. The van der Waals surface area contributed by atoms with Gasteiger partial charge in [-0.05, 0) is 31.5 Å². The standard InChI is InChI=1S/C23H20F4N6O3/c1-11-19(12(2)32(30-11)10-13-6-4-5-7-14(13)23(35)36-3)29-22(34)16-9-18-28-15(20(24)25)8-17(21(26)27)33(18)31-16/h4-9,20-21H,10H2,1-3H3,(H,29,34). The predicted molar refractivity (Wildman–Crippen MR) is 119 cm³/mol. The summed E-state index contributed by atoms with van der Waals surface area (Å²) in [5.41, 5.74) is 0.117. The van der Waals surface area contributed by atoms with Gasteiger partial charge in [0.25, 0.3) is 18.8 Å². The number of carbonyl (C=O) groups is 2. The summed E-state index contributed by atoms with van der Waals surface area (Å²) in [7, 11) is 1.28. The zero-order valence-electron chi connectivity index (χ0n) is 19.3. The smallest absolute Gasteiger partial charge is 0.338 e. The molecule has 188 valence electrons. The Hall–Kier alpha value is -4.29. The average molecular weight is 504 g/mol. The summed E-state index contributed by atoms with van der Waals surface area (Å²) in [4.78, 5) is 28.6. The third kappa shape index (κ3) is 4.63. The minimum absolute atomic E-state index is 0.209. The van der Waals surface area contributed by atoms with Gasteiger partial charge in [-0.25, -0.2) is 31.9 Å². The van der Waals surface area contributed by atoms with Crippen LogP contribution in [0.1, 0.15) is 62.0 Å². The SMILES string of the molecule is COC(=O)c1ccccc1Cn1nc(C)c(NC(=O)c2cc3nc(C(F)F)cc(C(F)F)n3n2)c1C. The van der Waals surface area contributed by atoms with Crippen LogP contribution in [0.4, 0.5) is 23.2 Å². The lowest BCUT2D eigenvalue weighted by molar-refractivity contribution is 0.0599. The van der Waals surface area contributed by atoms with Crippen molar-refractivity contribution in [2.45, 2.75) is 33.2 Å². The average Bonchev–Trinajstić information content (AvgIpc) is 3.39.